The van der Waals surface area contributed by atoms with Gasteiger partial charge in [-0.25, -0.2) is 0 Å². The van der Waals surface area contributed by atoms with Gasteiger partial charge in [0.25, 0.3) is 5.91 Å². The Balaban J connectivity index is 1.19. The molecule has 2 saturated heterocycles. The molecule has 202 valence electrons. The zero-order valence-electron chi connectivity index (χ0n) is 21.8. The molecule has 0 unspecified atom stereocenters. The molecular weight excluding hydrogens is 495 g/mol. The molecule has 0 aliphatic carbocycles. The lowest BCUT2D eigenvalue weighted by molar-refractivity contribution is -0.137. The lowest BCUT2D eigenvalue weighted by Crippen LogP contribution is -2.49. The van der Waals surface area contributed by atoms with E-state index in [1.807, 2.05) is 11.0 Å². The number of hydrogen-bond acceptors (Lipinski definition) is 5. The predicted octanol–water partition coefficient (Wildman–Crippen LogP) is 5.04. The Morgan fingerprint density at radius 2 is 1.74 bits per heavy atom. The largest absolute Gasteiger partial charge is 0.493 e. The summed E-state index contributed by atoms with van der Waals surface area (Å²) in [5.41, 5.74) is 3.11. The summed E-state index contributed by atoms with van der Waals surface area (Å²) < 4.78 is 44.7. The smallest absolute Gasteiger partial charge is 0.416 e. The van der Waals surface area contributed by atoms with Crippen molar-refractivity contribution in [2.75, 3.05) is 19.7 Å². The van der Waals surface area contributed by atoms with Crippen LogP contribution in [0.5, 0.6) is 5.75 Å². The molecule has 3 atom stereocenters. The second-order valence-electron chi connectivity index (χ2n) is 10.2. The Morgan fingerprint density at radius 3 is 2.37 bits per heavy atom. The van der Waals surface area contributed by atoms with Crippen molar-refractivity contribution in [1.82, 2.24) is 24.8 Å². The number of rotatable bonds is 8. The van der Waals surface area contributed by atoms with Gasteiger partial charge in [-0.2, -0.15) is 28.2 Å². The highest BCUT2D eigenvalue weighted by Crippen LogP contribution is 2.40. The van der Waals surface area contributed by atoms with Gasteiger partial charge in [-0.1, -0.05) is 6.07 Å². The molecule has 2 fully saturated rings. The molecule has 2 aliphatic heterocycles. The molecular formula is C28H32F3N5O2. The van der Waals surface area contributed by atoms with E-state index < -0.39 is 11.7 Å². The van der Waals surface area contributed by atoms with Crippen LogP contribution < -0.4 is 4.74 Å². The molecule has 2 aliphatic rings. The fraction of sp³-hybridized carbons (Fsp3) is 0.464. The summed E-state index contributed by atoms with van der Waals surface area (Å²) in [6, 6.07) is 9.14. The van der Waals surface area contributed by atoms with E-state index in [4.69, 9.17) is 4.74 Å². The van der Waals surface area contributed by atoms with E-state index in [1.165, 1.54) is 23.3 Å². The molecule has 3 aromatic rings. The maximum absolute atomic E-state index is 13.1. The number of aromatic nitrogens is 3. The predicted molar refractivity (Wildman–Crippen MR) is 136 cm³/mol. The zero-order valence-corrected chi connectivity index (χ0v) is 21.8. The summed E-state index contributed by atoms with van der Waals surface area (Å²) in [6.07, 6.45) is 0.597. The van der Waals surface area contributed by atoms with E-state index in [2.05, 4.69) is 41.9 Å². The van der Waals surface area contributed by atoms with Gasteiger partial charge < -0.3 is 9.64 Å². The van der Waals surface area contributed by atoms with Gasteiger partial charge in [0.2, 0.25) is 0 Å². The van der Waals surface area contributed by atoms with E-state index in [9.17, 15) is 18.0 Å². The minimum Gasteiger partial charge on any atom is -0.493 e. The number of carbonyl (C=O) groups is 1. The monoisotopic (exact) mass is 527 g/mol. The number of fused-ring (bicyclic) bond motifs is 2. The lowest BCUT2D eigenvalue weighted by Gasteiger charge is -2.38. The third-order valence-electron chi connectivity index (χ3n) is 7.96. The fourth-order valence-corrected chi connectivity index (χ4v) is 5.74. The van der Waals surface area contributed by atoms with Gasteiger partial charge >= 0.3 is 6.18 Å². The standard InChI is InChI=1S/C28H32F3N5O2/c1-18-19(2)26(38-14-4-13-36-32-11-12-33-36)10-9-25(18)20(3)34-16-24-15-23(34)17-35(24)27(37)21-5-7-22(8-6-21)28(29,30)31/h5-12,20,23-24H,4,13-17H2,1-3H3/t20-,23+,24+/m1/s1. The van der Waals surface area contributed by atoms with Crippen LogP contribution in [0.1, 0.15) is 58.4 Å². The first-order valence-electron chi connectivity index (χ1n) is 12.9. The summed E-state index contributed by atoms with van der Waals surface area (Å²) in [5.74, 6) is 0.679. The Labute approximate surface area is 220 Å². The number of amides is 1. The number of hydrogen-bond donors (Lipinski definition) is 0. The normalized spacial score (nSPS) is 20.2. The second-order valence-corrected chi connectivity index (χ2v) is 10.2. The second kappa shape index (κ2) is 10.4. The van der Waals surface area contributed by atoms with Crippen molar-refractivity contribution in [2.24, 2.45) is 0 Å². The Kier molecular flexibility index (Phi) is 7.17. The van der Waals surface area contributed by atoms with Crippen molar-refractivity contribution in [2.45, 2.75) is 64.5 Å². The highest BCUT2D eigenvalue weighted by atomic mass is 19.4. The van der Waals surface area contributed by atoms with Gasteiger partial charge in [0.15, 0.2) is 0 Å². The minimum absolute atomic E-state index is 0.0607. The van der Waals surface area contributed by atoms with Gasteiger partial charge in [0.05, 0.1) is 31.1 Å². The van der Waals surface area contributed by atoms with E-state index in [0.717, 1.165) is 42.8 Å². The molecule has 0 radical (unpaired) electrons. The average molecular weight is 528 g/mol. The highest BCUT2D eigenvalue weighted by molar-refractivity contribution is 5.94. The van der Waals surface area contributed by atoms with E-state index >= 15 is 0 Å². The molecule has 2 aromatic carbocycles. The molecule has 2 bridgehead atoms. The fourth-order valence-electron chi connectivity index (χ4n) is 5.74. The summed E-state index contributed by atoms with van der Waals surface area (Å²) in [7, 11) is 0. The number of alkyl halides is 3. The molecule has 0 N–H and O–H groups in total. The molecule has 3 heterocycles. The third kappa shape index (κ3) is 5.14. The van der Waals surface area contributed by atoms with Crippen molar-refractivity contribution in [3.8, 4) is 5.75 Å². The van der Waals surface area contributed by atoms with Gasteiger partial charge in [0, 0.05) is 43.2 Å². The van der Waals surface area contributed by atoms with Gasteiger partial charge in [-0.15, -0.1) is 0 Å². The summed E-state index contributed by atoms with van der Waals surface area (Å²) in [5, 5.41) is 8.21. The summed E-state index contributed by atoms with van der Waals surface area (Å²) in [4.78, 5) is 19.0. The van der Waals surface area contributed by atoms with Crippen LogP contribution in [-0.4, -0.2) is 62.5 Å². The van der Waals surface area contributed by atoms with E-state index in [1.54, 1.807) is 17.2 Å². The van der Waals surface area contributed by atoms with Crippen LogP contribution in [0.15, 0.2) is 48.8 Å². The summed E-state index contributed by atoms with van der Waals surface area (Å²) in [6.45, 7) is 9.01. The van der Waals surface area contributed by atoms with Gasteiger partial charge in [-0.05, 0) is 74.2 Å². The maximum Gasteiger partial charge on any atom is 0.416 e. The van der Waals surface area contributed by atoms with Gasteiger partial charge in [-0.3, -0.25) is 9.69 Å². The number of benzene rings is 2. The lowest BCUT2D eigenvalue weighted by atomic mass is 9.96. The van der Waals surface area contributed by atoms with Crippen molar-refractivity contribution in [3.63, 3.8) is 0 Å². The molecule has 5 rings (SSSR count). The number of ether oxygens (including phenoxy) is 1. The molecule has 0 spiro atoms. The first kappa shape index (κ1) is 26.2. The van der Waals surface area contributed by atoms with Crippen LogP contribution >= 0.6 is 0 Å². The number of nitrogens with zero attached hydrogens (tertiary/aromatic N) is 5. The van der Waals surface area contributed by atoms with Crippen LogP contribution in [0.3, 0.4) is 0 Å². The third-order valence-corrected chi connectivity index (χ3v) is 7.96. The molecule has 1 aromatic heterocycles. The highest BCUT2D eigenvalue weighted by Gasteiger charge is 2.47. The number of carbonyl (C=O) groups excluding carboxylic acids is 1. The molecule has 1 amide bonds. The Hall–Kier alpha value is -3.40. The molecule has 0 saturated carbocycles. The van der Waals surface area contributed by atoms with Crippen LogP contribution in [0, 0.1) is 13.8 Å². The Morgan fingerprint density at radius 1 is 1.03 bits per heavy atom. The first-order chi connectivity index (χ1) is 18.1. The van der Waals surface area contributed by atoms with Crippen LogP contribution in [-0.2, 0) is 12.7 Å². The summed E-state index contributed by atoms with van der Waals surface area (Å²) >= 11 is 0. The first-order valence-corrected chi connectivity index (χ1v) is 12.9. The maximum atomic E-state index is 13.1. The van der Waals surface area contributed by atoms with Crippen LogP contribution in [0.25, 0.3) is 0 Å². The minimum atomic E-state index is -4.41. The Bertz CT molecular complexity index is 1280. The molecule has 38 heavy (non-hydrogen) atoms. The van der Waals surface area contributed by atoms with Crippen LogP contribution in [0.4, 0.5) is 13.2 Å². The van der Waals surface area contributed by atoms with Crippen molar-refractivity contribution >= 4 is 5.91 Å². The average Bonchev–Trinajstić information content (AvgIpc) is 3.66. The number of likely N-dealkylation sites (tertiary alicyclic amines) is 2. The van der Waals surface area contributed by atoms with Crippen molar-refractivity contribution in [1.29, 1.82) is 0 Å². The topological polar surface area (TPSA) is 63.5 Å². The van der Waals surface area contributed by atoms with Gasteiger partial charge in [0.1, 0.15) is 5.75 Å². The van der Waals surface area contributed by atoms with E-state index in [-0.39, 0.29) is 24.0 Å². The van der Waals surface area contributed by atoms with Crippen molar-refractivity contribution in [3.05, 3.63) is 76.6 Å². The number of halogens is 3. The molecule has 7 nitrogen and oxygen atoms in total. The van der Waals surface area contributed by atoms with Crippen LogP contribution in [0.2, 0.25) is 0 Å². The van der Waals surface area contributed by atoms with E-state index in [0.29, 0.717) is 25.3 Å². The number of piperazine rings is 1. The quantitative estimate of drug-likeness (QED) is 0.384. The molecule has 10 heteroatoms. The van der Waals surface area contributed by atoms with Crippen molar-refractivity contribution < 1.29 is 22.7 Å². The SMILES string of the molecule is Cc1c(OCCCn2nccn2)ccc([C@@H](C)N2C[C@@H]3C[C@H]2CN3C(=O)c2ccc(C(F)(F)F)cc2)c1C. The zero-order chi connectivity index (χ0) is 27.0. The number of aryl methyl sites for hydroxylation is 1.